The SMILES string of the molecule is CC(N)SSC(C)N. The Labute approximate surface area is 58.2 Å². The molecule has 0 aliphatic rings. The zero-order valence-corrected chi connectivity index (χ0v) is 6.76. The first-order valence-electron chi connectivity index (χ1n) is 2.46. The highest BCUT2D eigenvalue weighted by Gasteiger charge is 1.97. The molecule has 0 saturated carbocycles. The van der Waals surface area contributed by atoms with E-state index in [2.05, 4.69) is 0 Å². The third-order valence-electron chi connectivity index (χ3n) is 0.359. The fraction of sp³-hybridized carbons (Fsp3) is 1.00. The summed E-state index contributed by atoms with van der Waals surface area (Å²) < 4.78 is 0. The van der Waals surface area contributed by atoms with Gasteiger partial charge in [0, 0.05) is 0 Å². The molecule has 0 fully saturated rings. The van der Waals surface area contributed by atoms with Crippen molar-refractivity contribution in [2.24, 2.45) is 11.5 Å². The molecule has 0 aliphatic heterocycles. The molecular formula is C4H12N2S2. The molecule has 2 atom stereocenters. The van der Waals surface area contributed by atoms with E-state index in [0.717, 1.165) is 0 Å². The molecule has 8 heavy (non-hydrogen) atoms. The van der Waals surface area contributed by atoms with Gasteiger partial charge < -0.3 is 11.5 Å². The minimum Gasteiger partial charge on any atom is -0.319 e. The van der Waals surface area contributed by atoms with E-state index in [0.29, 0.717) is 0 Å². The lowest BCUT2D eigenvalue weighted by Crippen LogP contribution is -2.12. The Bertz CT molecular complexity index is 48.0. The first-order chi connectivity index (χ1) is 3.63. The third-order valence-corrected chi connectivity index (χ3v) is 3.23. The summed E-state index contributed by atoms with van der Waals surface area (Å²) in [4.78, 5) is 0. The van der Waals surface area contributed by atoms with Gasteiger partial charge in [0.1, 0.15) is 0 Å². The first kappa shape index (κ1) is 8.62. The summed E-state index contributed by atoms with van der Waals surface area (Å²) in [5.41, 5.74) is 10.9. The van der Waals surface area contributed by atoms with Crippen LogP contribution in [-0.4, -0.2) is 10.7 Å². The van der Waals surface area contributed by atoms with Crippen molar-refractivity contribution in [3.63, 3.8) is 0 Å². The highest BCUT2D eigenvalue weighted by molar-refractivity contribution is 8.77. The molecule has 0 aliphatic carbocycles. The summed E-state index contributed by atoms with van der Waals surface area (Å²) in [6.07, 6.45) is 0. The predicted octanol–water partition coefficient (Wildman–Crippen LogP) is 0.977. The monoisotopic (exact) mass is 152 g/mol. The molecule has 4 N–H and O–H groups in total. The number of hydrogen-bond acceptors (Lipinski definition) is 4. The maximum atomic E-state index is 5.43. The van der Waals surface area contributed by atoms with Crippen LogP contribution in [0.2, 0.25) is 0 Å². The predicted molar refractivity (Wildman–Crippen MR) is 42.5 cm³/mol. The Balaban J connectivity index is 2.93. The second-order valence-electron chi connectivity index (χ2n) is 1.60. The van der Waals surface area contributed by atoms with Crippen LogP contribution in [0.5, 0.6) is 0 Å². The van der Waals surface area contributed by atoms with Crippen molar-refractivity contribution in [2.75, 3.05) is 0 Å². The van der Waals surface area contributed by atoms with Crippen molar-refractivity contribution in [1.29, 1.82) is 0 Å². The van der Waals surface area contributed by atoms with Gasteiger partial charge in [-0.15, -0.1) is 0 Å². The van der Waals surface area contributed by atoms with Crippen LogP contribution < -0.4 is 11.5 Å². The van der Waals surface area contributed by atoms with E-state index in [1.807, 2.05) is 13.8 Å². The molecule has 0 amide bonds. The van der Waals surface area contributed by atoms with Crippen molar-refractivity contribution < 1.29 is 0 Å². The van der Waals surface area contributed by atoms with Gasteiger partial charge in [0.05, 0.1) is 10.7 Å². The van der Waals surface area contributed by atoms with Gasteiger partial charge in [0.25, 0.3) is 0 Å². The average molecular weight is 152 g/mol. The second-order valence-corrected chi connectivity index (χ2v) is 4.63. The number of nitrogens with two attached hydrogens (primary N) is 2. The van der Waals surface area contributed by atoms with Crippen LogP contribution >= 0.6 is 21.6 Å². The highest BCUT2D eigenvalue weighted by atomic mass is 33.1. The van der Waals surface area contributed by atoms with Crippen molar-refractivity contribution in [1.82, 2.24) is 0 Å². The summed E-state index contributed by atoms with van der Waals surface area (Å²) in [6, 6.07) is 0. The molecule has 0 rings (SSSR count). The summed E-state index contributed by atoms with van der Waals surface area (Å²) in [7, 11) is 3.22. The summed E-state index contributed by atoms with van der Waals surface area (Å²) in [5.74, 6) is 0. The van der Waals surface area contributed by atoms with Gasteiger partial charge in [-0.1, -0.05) is 21.6 Å². The first-order valence-corrected chi connectivity index (χ1v) is 4.74. The molecule has 2 nitrogen and oxygen atoms in total. The topological polar surface area (TPSA) is 52.0 Å². The molecule has 0 aromatic heterocycles. The maximum absolute atomic E-state index is 5.43. The lowest BCUT2D eigenvalue weighted by molar-refractivity contribution is 1.04. The molecule has 0 bridgehead atoms. The Hall–Kier alpha value is 0.620. The maximum Gasteiger partial charge on any atom is 0.0583 e. The van der Waals surface area contributed by atoms with E-state index in [1.54, 1.807) is 21.6 Å². The third kappa shape index (κ3) is 6.62. The normalized spacial score (nSPS) is 18.0. The molecule has 2 unspecified atom stereocenters. The van der Waals surface area contributed by atoms with Gasteiger partial charge >= 0.3 is 0 Å². The van der Waals surface area contributed by atoms with E-state index < -0.39 is 0 Å². The van der Waals surface area contributed by atoms with Crippen molar-refractivity contribution in [3.05, 3.63) is 0 Å². The lowest BCUT2D eigenvalue weighted by atomic mass is 10.8. The molecule has 0 radical (unpaired) electrons. The largest absolute Gasteiger partial charge is 0.319 e. The van der Waals surface area contributed by atoms with Crippen LogP contribution in [0.15, 0.2) is 0 Å². The molecule has 50 valence electrons. The van der Waals surface area contributed by atoms with E-state index in [9.17, 15) is 0 Å². The molecule has 0 saturated heterocycles. The quantitative estimate of drug-likeness (QED) is 0.467. The fourth-order valence-corrected chi connectivity index (χ4v) is 1.58. The summed E-state index contributed by atoms with van der Waals surface area (Å²) in [5, 5.41) is 0.372. The zero-order valence-electron chi connectivity index (χ0n) is 5.13. The van der Waals surface area contributed by atoms with Gasteiger partial charge in [-0.05, 0) is 13.8 Å². The average Bonchev–Trinajstić information content (AvgIpc) is 1.61. The summed E-state index contributed by atoms with van der Waals surface area (Å²) in [6.45, 7) is 3.89. The lowest BCUT2D eigenvalue weighted by Gasteiger charge is -2.05. The van der Waals surface area contributed by atoms with E-state index in [1.165, 1.54) is 0 Å². The van der Waals surface area contributed by atoms with Crippen molar-refractivity contribution in [2.45, 2.75) is 24.6 Å². The standard InChI is InChI=1S/C4H12N2S2/c1-3(5)7-8-4(2)6/h3-4H,5-6H2,1-2H3. The fourth-order valence-electron chi connectivity index (χ4n) is 0.175. The van der Waals surface area contributed by atoms with Crippen molar-refractivity contribution >= 4 is 21.6 Å². The van der Waals surface area contributed by atoms with Crippen LogP contribution in [0.3, 0.4) is 0 Å². The van der Waals surface area contributed by atoms with Crippen LogP contribution in [-0.2, 0) is 0 Å². The van der Waals surface area contributed by atoms with Crippen LogP contribution in [0.4, 0.5) is 0 Å². The van der Waals surface area contributed by atoms with Crippen molar-refractivity contribution in [3.8, 4) is 0 Å². The molecule has 0 heterocycles. The van der Waals surface area contributed by atoms with E-state index >= 15 is 0 Å². The molecule has 4 heteroatoms. The van der Waals surface area contributed by atoms with E-state index in [-0.39, 0.29) is 10.7 Å². The zero-order chi connectivity index (χ0) is 6.57. The second kappa shape index (κ2) is 4.49. The van der Waals surface area contributed by atoms with Crippen LogP contribution in [0.25, 0.3) is 0 Å². The highest BCUT2D eigenvalue weighted by Crippen LogP contribution is 2.25. The number of rotatable bonds is 3. The smallest absolute Gasteiger partial charge is 0.0583 e. The molecule has 0 spiro atoms. The van der Waals surface area contributed by atoms with Gasteiger partial charge in [0.2, 0.25) is 0 Å². The van der Waals surface area contributed by atoms with Gasteiger partial charge in [-0.2, -0.15) is 0 Å². The minimum atomic E-state index is 0.186. The Morgan fingerprint density at radius 1 is 1.00 bits per heavy atom. The Morgan fingerprint density at radius 2 is 1.25 bits per heavy atom. The van der Waals surface area contributed by atoms with Gasteiger partial charge in [-0.3, -0.25) is 0 Å². The Kier molecular flexibility index (Phi) is 4.84. The minimum absolute atomic E-state index is 0.186. The summed E-state index contributed by atoms with van der Waals surface area (Å²) >= 11 is 0. The Morgan fingerprint density at radius 3 is 1.38 bits per heavy atom. The van der Waals surface area contributed by atoms with Crippen LogP contribution in [0, 0.1) is 0 Å². The van der Waals surface area contributed by atoms with Gasteiger partial charge in [-0.25, -0.2) is 0 Å². The van der Waals surface area contributed by atoms with Gasteiger partial charge in [0.15, 0.2) is 0 Å². The number of hydrogen-bond donors (Lipinski definition) is 2. The molecule has 0 aromatic rings. The molecular weight excluding hydrogens is 140 g/mol. The molecule has 0 aromatic carbocycles. The van der Waals surface area contributed by atoms with Crippen LogP contribution in [0.1, 0.15) is 13.8 Å². The van der Waals surface area contributed by atoms with E-state index in [4.69, 9.17) is 11.5 Å².